The zero-order valence-electron chi connectivity index (χ0n) is 9.17. The highest BCUT2D eigenvalue weighted by Crippen LogP contribution is 2.31. The molecule has 0 radical (unpaired) electrons. The summed E-state index contributed by atoms with van der Waals surface area (Å²) in [6.45, 7) is 0.762. The lowest BCUT2D eigenvalue weighted by Crippen LogP contribution is -2.05. The molecule has 17 heavy (non-hydrogen) atoms. The first-order valence-corrected chi connectivity index (χ1v) is 6.54. The Hall–Kier alpha value is -1.42. The van der Waals surface area contributed by atoms with Crippen molar-refractivity contribution in [1.82, 2.24) is 14.7 Å². The lowest BCUT2D eigenvalue weighted by molar-refractivity contribution is 0.816. The second-order valence-electron chi connectivity index (χ2n) is 3.28. The molecule has 1 N–H and O–H groups in total. The number of benzene rings is 1. The molecule has 0 atom stereocenters. The molecule has 0 bridgehead atoms. The highest BCUT2D eigenvalue weighted by Gasteiger charge is 2.07. The molecule has 0 aliphatic heterocycles. The van der Waals surface area contributed by atoms with Crippen LogP contribution < -0.4 is 5.32 Å². The van der Waals surface area contributed by atoms with Crippen LogP contribution in [0.2, 0.25) is 0 Å². The second-order valence-corrected chi connectivity index (χ2v) is 5.35. The molecule has 2 aromatic rings. The monoisotopic (exact) mass is 262 g/mol. The summed E-state index contributed by atoms with van der Waals surface area (Å²) in [6, 6.07) is 8.09. The predicted octanol–water partition coefficient (Wildman–Crippen LogP) is 2.28. The summed E-state index contributed by atoms with van der Waals surface area (Å²) in [4.78, 5) is 5.01. The van der Waals surface area contributed by atoms with E-state index in [1.54, 1.807) is 0 Å². The van der Waals surface area contributed by atoms with E-state index in [1.165, 1.54) is 29.6 Å². The van der Waals surface area contributed by atoms with Crippen LogP contribution in [-0.4, -0.2) is 16.4 Å². The van der Waals surface area contributed by atoms with E-state index in [0.717, 1.165) is 21.3 Å². The number of hydrogen-bond acceptors (Lipinski definition) is 6. The average Bonchev–Trinajstić information content (AvgIpc) is 2.84. The molecule has 0 unspecified atom stereocenters. The highest BCUT2D eigenvalue weighted by atomic mass is 32.2. The van der Waals surface area contributed by atoms with Gasteiger partial charge in [-0.2, -0.15) is 9.64 Å². The maximum Gasteiger partial charge on any atom is 0.174 e. The predicted molar refractivity (Wildman–Crippen MR) is 68.0 cm³/mol. The van der Waals surface area contributed by atoms with Crippen molar-refractivity contribution in [3.05, 3.63) is 35.7 Å². The minimum atomic E-state index is 0.679. The molecular formula is C11H10N4S2. The molecule has 1 aromatic heterocycles. The van der Waals surface area contributed by atoms with Gasteiger partial charge in [-0.1, -0.05) is 17.8 Å². The Kier molecular flexibility index (Phi) is 4.09. The highest BCUT2D eigenvalue weighted by molar-refractivity contribution is 8.01. The van der Waals surface area contributed by atoms with Crippen LogP contribution in [0.5, 0.6) is 0 Å². The van der Waals surface area contributed by atoms with Crippen LogP contribution in [-0.2, 0) is 6.54 Å². The third-order valence-electron chi connectivity index (χ3n) is 2.08. The van der Waals surface area contributed by atoms with Crippen molar-refractivity contribution < 1.29 is 0 Å². The van der Waals surface area contributed by atoms with E-state index in [4.69, 9.17) is 5.26 Å². The Labute approximate surface area is 108 Å². The van der Waals surface area contributed by atoms with E-state index in [0.29, 0.717) is 5.56 Å². The van der Waals surface area contributed by atoms with Crippen LogP contribution in [0, 0.1) is 11.3 Å². The largest absolute Gasteiger partial charge is 0.316 e. The summed E-state index contributed by atoms with van der Waals surface area (Å²) in [5.41, 5.74) is 1.78. The summed E-state index contributed by atoms with van der Waals surface area (Å²) >= 11 is 2.81. The zero-order valence-corrected chi connectivity index (χ0v) is 10.8. The molecule has 4 nitrogen and oxygen atoms in total. The summed E-state index contributed by atoms with van der Waals surface area (Å²) in [6.07, 6.45) is 1.52. The minimum Gasteiger partial charge on any atom is -0.316 e. The Morgan fingerprint density at radius 2 is 2.41 bits per heavy atom. The van der Waals surface area contributed by atoms with E-state index < -0.39 is 0 Å². The molecule has 0 amide bonds. The third-order valence-corrected chi connectivity index (χ3v) is 3.87. The Bertz CT molecular complexity index is 531. The van der Waals surface area contributed by atoms with Crippen LogP contribution in [0.3, 0.4) is 0 Å². The number of hydrogen-bond donors (Lipinski definition) is 1. The normalized spacial score (nSPS) is 10.1. The molecule has 1 heterocycles. The molecule has 0 fully saturated rings. The van der Waals surface area contributed by atoms with Gasteiger partial charge in [-0.25, -0.2) is 4.98 Å². The van der Waals surface area contributed by atoms with E-state index in [-0.39, 0.29) is 0 Å². The summed E-state index contributed by atoms with van der Waals surface area (Å²) in [5, 5.41) is 12.2. The van der Waals surface area contributed by atoms with Crippen molar-refractivity contribution >= 4 is 23.3 Å². The van der Waals surface area contributed by atoms with Gasteiger partial charge in [0.1, 0.15) is 12.4 Å². The van der Waals surface area contributed by atoms with Crippen LogP contribution in [0.25, 0.3) is 0 Å². The SMILES string of the molecule is CNCc1ccc(Sc2ncns2)c(C#N)c1. The van der Waals surface area contributed by atoms with Gasteiger partial charge in [-0.3, -0.25) is 0 Å². The summed E-state index contributed by atoms with van der Waals surface area (Å²) < 4.78 is 4.79. The lowest BCUT2D eigenvalue weighted by Gasteiger charge is -2.04. The smallest absolute Gasteiger partial charge is 0.174 e. The molecule has 0 saturated carbocycles. The molecule has 2 rings (SSSR count). The van der Waals surface area contributed by atoms with Crippen LogP contribution in [0.15, 0.2) is 33.8 Å². The van der Waals surface area contributed by atoms with Gasteiger partial charge >= 0.3 is 0 Å². The van der Waals surface area contributed by atoms with Gasteiger partial charge in [0.25, 0.3) is 0 Å². The van der Waals surface area contributed by atoms with E-state index in [2.05, 4.69) is 20.7 Å². The molecule has 6 heteroatoms. The number of nitriles is 1. The zero-order chi connectivity index (χ0) is 12.1. The summed E-state index contributed by atoms with van der Waals surface area (Å²) in [5.74, 6) is 0. The van der Waals surface area contributed by atoms with Gasteiger partial charge in [0, 0.05) is 11.4 Å². The number of nitrogens with one attached hydrogen (secondary N) is 1. The van der Waals surface area contributed by atoms with Crippen LogP contribution in [0.1, 0.15) is 11.1 Å². The van der Waals surface area contributed by atoms with Crippen molar-refractivity contribution in [2.24, 2.45) is 0 Å². The Morgan fingerprint density at radius 3 is 3.06 bits per heavy atom. The molecule has 0 aliphatic carbocycles. The molecule has 86 valence electrons. The third kappa shape index (κ3) is 3.03. The van der Waals surface area contributed by atoms with Crippen molar-refractivity contribution in [2.45, 2.75) is 15.8 Å². The van der Waals surface area contributed by atoms with E-state index in [1.807, 2.05) is 25.2 Å². The average molecular weight is 262 g/mol. The first-order valence-electron chi connectivity index (χ1n) is 4.95. The fourth-order valence-electron chi connectivity index (χ4n) is 1.37. The van der Waals surface area contributed by atoms with Gasteiger partial charge < -0.3 is 5.32 Å². The Balaban J connectivity index is 2.25. The van der Waals surface area contributed by atoms with Gasteiger partial charge in [0.05, 0.1) is 5.56 Å². The fourth-order valence-corrected chi connectivity index (χ4v) is 2.83. The van der Waals surface area contributed by atoms with E-state index in [9.17, 15) is 0 Å². The van der Waals surface area contributed by atoms with Gasteiger partial charge in [0.15, 0.2) is 4.34 Å². The summed E-state index contributed by atoms with van der Waals surface area (Å²) in [7, 11) is 1.88. The maximum absolute atomic E-state index is 9.12. The lowest BCUT2D eigenvalue weighted by atomic mass is 10.1. The quantitative estimate of drug-likeness (QED) is 0.916. The first kappa shape index (κ1) is 12.0. The van der Waals surface area contributed by atoms with Gasteiger partial charge in [-0.05, 0) is 36.3 Å². The maximum atomic E-state index is 9.12. The molecule has 1 aromatic carbocycles. The number of aromatic nitrogens is 2. The van der Waals surface area contributed by atoms with Crippen molar-refractivity contribution in [3.63, 3.8) is 0 Å². The van der Waals surface area contributed by atoms with E-state index >= 15 is 0 Å². The molecular weight excluding hydrogens is 252 g/mol. The number of nitrogens with zero attached hydrogens (tertiary/aromatic N) is 3. The standard InChI is InChI=1S/C11H10N4S2/c1-13-6-8-2-3-10(9(4-8)5-12)16-11-14-7-15-17-11/h2-4,7,13H,6H2,1H3. The minimum absolute atomic E-state index is 0.679. The first-order chi connectivity index (χ1) is 8.33. The van der Waals surface area contributed by atoms with Gasteiger partial charge in [-0.15, -0.1) is 0 Å². The van der Waals surface area contributed by atoms with Crippen molar-refractivity contribution in [2.75, 3.05) is 7.05 Å². The molecule has 0 spiro atoms. The van der Waals surface area contributed by atoms with Crippen molar-refractivity contribution in [3.8, 4) is 6.07 Å². The second kappa shape index (κ2) is 5.77. The van der Waals surface area contributed by atoms with Crippen LogP contribution >= 0.6 is 23.3 Å². The topological polar surface area (TPSA) is 61.6 Å². The molecule has 0 saturated heterocycles. The van der Waals surface area contributed by atoms with Gasteiger partial charge in [0.2, 0.25) is 0 Å². The number of rotatable bonds is 4. The Morgan fingerprint density at radius 1 is 1.53 bits per heavy atom. The van der Waals surface area contributed by atoms with Crippen LogP contribution in [0.4, 0.5) is 0 Å². The van der Waals surface area contributed by atoms with Crippen molar-refractivity contribution in [1.29, 1.82) is 5.26 Å². The fraction of sp³-hybridized carbons (Fsp3) is 0.182. The molecule has 0 aliphatic rings.